The van der Waals surface area contributed by atoms with E-state index in [4.69, 9.17) is 12.2 Å². The van der Waals surface area contributed by atoms with Gasteiger partial charge in [-0.2, -0.15) is 0 Å². The fourth-order valence-corrected chi connectivity index (χ4v) is 1.83. The lowest BCUT2D eigenvalue weighted by Gasteiger charge is -2.11. The topological polar surface area (TPSA) is 43.8 Å². The van der Waals surface area contributed by atoms with E-state index in [1.165, 1.54) is 4.90 Å². The number of carbonyl (C=O) groups excluding carboxylic acids is 1. The number of nitrogens with zero attached hydrogens (tertiary/aromatic N) is 2. The second-order valence-electron chi connectivity index (χ2n) is 3.79. The van der Waals surface area contributed by atoms with E-state index in [1.807, 2.05) is 0 Å². The molecule has 0 bridgehead atoms. The lowest BCUT2D eigenvalue weighted by molar-refractivity contribution is -0.121. The van der Waals surface area contributed by atoms with Crippen LogP contribution in [-0.4, -0.2) is 40.0 Å². The molecule has 5 heteroatoms. The number of aromatic hydroxyl groups is 1. The van der Waals surface area contributed by atoms with Crippen molar-refractivity contribution in [3.8, 4) is 5.75 Å². The number of para-hydroxylation sites is 1. The molecule has 1 aliphatic heterocycles. The molecule has 0 atom stereocenters. The number of thiocarbonyl (C=S) groups is 1. The highest BCUT2D eigenvalue weighted by Gasteiger charge is 2.32. The van der Waals surface area contributed by atoms with Gasteiger partial charge in [0.25, 0.3) is 5.91 Å². The van der Waals surface area contributed by atoms with Crippen molar-refractivity contribution >= 4 is 29.3 Å². The van der Waals surface area contributed by atoms with Crippen molar-refractivity contribution in [1.29, 1.82) is 0 Å². The number of hydrogen-bond acceptors (Lipinski definition) is 3. The zero-order chi connectivity index (χ0) is 12.6. The smallest absolute Gasteiger partial charge is 0.276 e. The first-order chi connectivity index (χ1) is 8.02. The summed E-state index contributed by atoms with van der Waals surface area (Å²) in [5, 5.41) is 10.1. The first-order valence-electron chi connectivity index (χ1n) is 5.08. The van der Waals surface area contributed by atoms with Crippen molar-refractivity contribution in [2.45, 2.75) is 0 Å². The molecule has 1 N–H and O–H groups in total. The van der Waals surface area contributed by atoms with Gasteiger partial charge in [0.1, 0.15) is 11.4 Å². The van der Waals surface area contributed by atoms with E-state index in [1.54, 1.807) is 49.3 Å². The number of rotatable bonds is 1. The van der Waals surface area contributed by atoms with Gasteiger partial charge in [-0.05, 0) is 24.4 Å². The molecular weight excluding hydrogens is 236 g/mol. The lowest BCUT2D eigenvalue weighted by atomic mass is 10.1. The summed E-state index contributed by atoms with van der Waals surface area (Å²) >= 11 is 5.10. The highest BCUT2D eigenvalue weighted by molar-refractivity contribution is 7.80. The Hall–Kier alpha value is -1.88. The Morgan fingerprint density at radius 2 is 1.88 bits per heavy atom. The Morgan fingerprint density at radius 3 is 2.41 bits per heavy atom. The number of amides is 1. The Kier molecular flexibility index (Phi) is 2.85. The third-order valence-electron chi connectivity index (χ3n) is 2.69. The fourth-order valence-electron chi connectivity index (χ4n) is 1.65. The van der Waals surface area contributed by atoms with Crippen LogP contribution >= 0.6 is 12.2 Å². The first-order valence-corrected chi connectivity index (χ1v) is 5.48. The number of likely N-dealkylation sites (N-methyl/N-ethyl adjacent to an activating group) is 2. The molecule has 1 amide bonds. The Bertz CT molecular complexity index is 525. The summed E-state index contributed by atoms with van der Waals surface area (Å²) in [4.78, 5) is 14.9. The molecule has 1 saturated heterocycles. The summed E-state index contributed by atoms with van der Waals surface area (Å²) in [6.45, 7) is 0. The van der Waals surface area contributed by atoms with Crippen LogP contribution in [0.15, 0.2) is 30.0 Å². The third kappa shape index (κ3) is 1.89. The maximum atomic E-state index is 11.9. The van der Waals surface area contributed by atoms with Gasteiger partial charge >= 0.3 is 0 Å². The summed E-state index contributed by atoms with van der Waals surface area (Å²) in [6.07, 6.45) is 1.63. The lowest BCUT2D eigenvalue weighted by Crippen LogP contribution is -2.26. The van der Waals surface area contributed by atoms with E-state index in [9.17, 15) is 9.90 Å². The summed E-state index contributed by atoms with van der Waals surface area (Å²) in [7, 11) is 3.36. The molecule has 0 radical (unpaired) electrons. The maximum Gasteiger partial charge on any atom is 0.276 e. The molecule has 4 nitrogen and oxygen atoms in total. The Labute approximate surface area is 105 Å². The van der Waals surface area contributed by atoms with Crippen molar-refractivity contribution in [3.63, 3.8) is 0 Å². The average molecular weight is 248 g/mol. The minimum absolute atomic E-state index is 0.140. The van der Waals surface area contributed by atoms with Gasteiger partial charge in [-0.1, -0.05) is 18.2 Å². The van der Waals surface area contributed by atoms with Crippen LogP contribution in [0.1, 0.15) is 5.56 Å². The minimum atomic E-state index is -0.166. The molecule has 1 fully saturated rings. The van der Waals surface area contributed by atoms with Crippen molar-refractivity contribution in [2.24, 2.45) is 0 Å². The van der Waals surface area contributed by atoms with Crippen LogP contribution in [0, 0.1) is 0 Å². The monoisotopic (exact) mass is 248 g/mol. The average Bonchev–Trinajstić information content (AvgIpc) is 2.50. The molecule has 88 valence electrons. The van der Waals surface area contributed by atoms with Crippen molar-refractivity contribution in [3.05, 3.63) is 35.5 Å². The number of phenols is 1. The minimum Gasteiger partial charge on any atom is -0.507 e. The Morgan fingerprint density at radius 1 is 1.24 bits per heavy atom. The van der Waals surface area contributed by atoms with E-state index in [0.717, 1.165) is 0 Å². The second-order valence-corrected chi connectivity index (χ2v) is 4.16. The van der Waals surface area contributed by atoms with E-state index in [-0.39, 0.29) is 11.7 Å². The van der Waals surface area contributed by atoms with Gasteiger partial charge < -0.3 is 10.0 Å². The SMILES string of the molecule is CN1C(=O)/C(=C/c2ccccc2O)N(C)C1=S. The Balaban J connectivity index is 2.45. The number of hydrogen-bond donors (Lipinski definition) is 1. The van der Waals surface area contributed by atoms with Gasteiger partial charge in [0.2, 0.25) is 0 Å². The normalized spacial score (nSPS) is 18.4. The maximum absolute atomic E-state index is 11.9. The zero-order valence-electron chi connectivity index (χ0n) is 9.54. The van der Waals surface area contributed by atoms with E-state index in [2.05, 4.69) is 0 Å². The molecule has 2 rings (SSSR count). The molecule has 1 aromatic rings. The van der Waals surface area contributed by atoms with Crippen LogP contribution in [0.4, 0.5) is 0 Å². The molecule has 1 aliphatic rings. The predicted octanol–water partition coefficient (Wildman–Crippen LogP) is 1.42. The van der Waals surface area contributed by atoms with E-state index < -0.39 is 0 Å². The molecule has 17 heavy (non-hydrogen) atoms. The van der Waals surface area contributed by atoms with E-state index >= 15 is 0 Å². The van der Waals surface area contributed by atoms with Crippen molar-refractivity contribution in [2.75, 3.05) is 14.1 Å². The second kappa shape index (κ2) is 4.18. The van der Waals surface area contributed by atoms with Crippen LogP contribution in [0.3, 0.4) is 0 Å². The van der Waals surface area contributed by atoms with Gasteiger partial charge in [-0.3, -0.25) is 9.69 Å². The van der Waals surface area contributed by atoms with Crippen LogP contribution in [0.5, 0.6) is 5.75 Å². The predicted molar refractivity (Wildman–Crippen MR) is 69.2 cm³/mol. The molecule has 0 aliphatic carbocycles. The van der Waals surface area contributed by atoms with Gasteiger partial charge in [-0.25, -0.2) is 0 Å². The largest absolute Gasteiger partial charge is 0.507 e. The molecular formula is C12H12N2O2S. The number of phenolic OH excluding ortho intramolecular Hbond substituents is 1. The van der Waals surface area contributed by atoms with Gasteiger partial charge in [-0.15, -0.1) is 0 Å². The molecule has 0 saturated carbocycles. The zero-order valence-corrected chi connectivity index (χ0v) is 10.4. The highest BCUT2D eigenvalue weighted by atomic mass is 32.1. The quantitative estimate of drug-likeness (QED) is 0.603. The molecule has 0 spiro atoms. The fraction of sp³-hybridized carbons (Fsp3) is 0.167. The molecule has 0 aromatic heterocycles. The number of benzene rings is 1. The standard InChI is InChI=1S/C12H12N2O2S/c1-13-9(11(16)14(2)12(13)17)7-8-5-3-4-6-10(8)15/h3-7,15H,1-2H3/b9-7-. The van der Waals surface area contributed by atoms with Gasteiger partial charge in [0.05, 0.1) is 0 Å². The molecule has 0 unspecified atom stereocenters. The highest BCUT2D eigenvalue weighted by Crippen LogP contribution is 2.24. The molecule has 1 heterocycles. The van der Waals surface area contributed by atoms with Crippen LogP contribution in [0.2, 0.25) is 0 Å². The third-order valence-corrected chi connectivity index (χ3v) is 3.24. The summed E-state index contributed by atoms with van der Waals surface area (Å²) < 4.78 is 0. The van der Waals surface area contributed by atoms with E-state index in [0.29, 0.717) is 16.4 Å². The summed E-state index contributed by atoms with van der Waals surface area (Å²) in [5.74, 6) is -0.0255. The summed E-state index contributed by atoms with van der Waals surface area (Å²) in [5.41, 5.74) is 1.06. The van der Waals surface area contributed by atoms with Gasteiger partial charge in [0.15, 0.2) is 5.11 Å². The molecule has 1 aromatic carbocycles. The van der Waals surface area contributed by atoms with Crippen molar-refractivity contribution in [1.82, 2.24) is 9.80 Å². The first kappa shape index (κ1) is 11.6. The van der Waals surface area contributed by atoms with Gasteiger partial charge in [0, 0.05) is 19.7 Å². The van der Waals surface area contributed by atoms with Crippen LogP contribution in [-0.2, 0) is 4.79 Å². The number of carbonyl (C=O) groups is 1. The summed E-state index contributed by atoms with van der Waals surface area (Å²) in [6, 6.07) is 6.85. The van der Waals surface area contributed by atoms with Crippen LogP contribution < -0.4 is 0 Å². The van der Waals surface area contributed by atoms with Crippen LogP contribution in [0.25, 0.3) is 6.08 Å². The van der Waals surface area contributed by atoms with Crippen molar-refractivity contribution < 1.29 is 9.90 Å².